The molecule has 0 radical (unpaired) electrons. The molecule has 2 N–H and O–H groups in total. The van der Waals surface area contributed by atoms with E-state index in [4.69, 9.17) is 5.73 Å². The van der Waals surface area contributed by atoms with Gasteiger partial charge < -0.3 is 5.73 Å². The number of nitrogens with two attached hydrogens (primary N) is 1. The molecule has 2 unspecified atom stereocenters. The molecule has 0 saturated heterocycles. The van der Waals surface area contributed by atoms with Crippen molar-refractivity contribution in [1.29, 1.82) is 0 Å². The lowest BCUT2D eigenvalue weighted by atomic mass is 9.82. The Kier molecular flexibility index (Phi) is 6.51. The van der Waals surface area contributed by atoms with E-state index in [0.29, 0.717) is 11.5 Å². The summed E-state index contributed by atoms with van der Waals surface area (Å²) < 4.78 is 0. The Balaban J connectivity index is 3.71. The van der Waals surface area contributed by atoms with Crippen LogP contribution in [0.4, 0.5) is 0 Å². The van der Waals surface area contributed by atoms with Crippen molar-refractivity contribution >= 4 is 0 Å². The summed E-state index contributed by atoms with van der Waals surface area (Å²) in [4.78, 5) is 0. The lowest BCUT2D eigenvalue weighted by Gasteiger charge is -2.25. The smallest absolute Gasteiger partial charge is 0.00414 e. The molecule has 0 fully saturated rings. The average Bonchev–Trinajstić information content (AvgIpc) is 1.96. The molecule has 0 saturated carbocycles. The van der Waals surface area contributed by atoms with E-state index in [-0.39, 0.29) is 0 Å². The largest absolute Gasteiger partial charge is 0.328 e. The molecule has 0 spiro atoms. The fourth-order valence-corrected chi connectivity index (χ4v) is 2.31. The standard InChI is InChI=1S/C14H31N/c1-11(2)7-8-13(15)9-12(3)10-14(4,5)6/h11-13H,7-10,15H2,1-6H3. The van der Waals surface area contributed by atoms with Crippen LogP contribution in [0.3, 0.4) is 0 Å². The quantitative estimate of drug-likeness (QED) is 0.702. The Bertz CT molecular complexity index is 155. The zero-order valence-corrected chi connectivity index (χ0v) is 11.6. The van der Waals surface area contributed by atoms with Gasteiger partial charge in [0.2, 0.25) is 0 Å². The molecule has 0 aliphatic rings. The second kappa shape index (κ2) is 6.52. The first kappa shape index (κ1) is 15.0. The van der Waals surface area contributed by atoms with Gasteiger partial charge in [0.05, 0.1) is 0 Å². The van der Waals surface area contributed by atoms with Crippen LogP contribution >= 0.6 is 0 Å². The second-order valence-electron chi connectivity index (χ2n) is 6.84. The molecule has 0 rings (SSSR count). The van der Waals surface area contributed by atoms with E-state index in [1.54, 1.807) is 0 Å². The van der Waals surface area contributed by atoms with E-state index in [2.05, 4.69) is 41.5 Å². The van der Waals surface area contributed by atoms with E-state index < -0.39 is 0 Å². The first-order valence-electron chi connectivity index (χ1n) is 6.46. The fourth-order valence-electron chi connectivity index (χ4n) is 2.31. The summed E-state index contributed by atoms with van der Waals surface area (Å²) in [5.41, 5.74) is 6.58. The molecule has 0 amide bonds. The predicted molar refractivity (Wildman–Crippen MR) is 69.9 cm³/mol. The van der Waals surface area contributed by atoms with Crippen LogP contribution in [-0.4, -0.2) is 6.04 Å². The highest BCUT2D eigenvalue weighted by molar-refractivity contribution is 4.71. The number of hydrogen-bond acceptors (Lipinski definition) is 1. The van der Waals surface area contributed by atoms with E-state index >= 15 is 0 Å². The molecular weight excluding hydrogens is 182 g/mol. The highest BCUT2D eigenvalue weighted by Crippen LogP contribution is 2.27. The van der Waals surface area contributed by atoms with Gasteiger partial charge in [-0.25, -0.2) is 0 Å². The van der Waals surface area contributed by atoms with Crippen LogP contribution in [0.2, 0.25) is 0 Å². The lowest BCUT2D eigenvalue weighted by molar-refractivity contribution is 0.280. The van der Waals surface area contributed by atoms with Crippen molar-refractivity contribution in [3.8, 4) is 0 Å². The van der Waals surface area contributed by atoms with Gasteiger partial charge in [-0.05, 0) is 42.9 Å². The Morgan fingerprint density at radius 1 is 1.00 bits per heavy atom. The van der Waals surface area contributed by atoms with Crippen molar-refractivity contribution in [2.24, 2.45) is 23.0 Å². The average molecular weight is 213 g/mol. The zero-order valence-electron chi connectivity index (χ0n) is 11.6. The van der Waals surface area contributed by atoms with Crippen LogP contribution in [0.25, 0.3) is 0 Å². The minimum atomic E-state index is 0.407. The molecule has 0 aliphatic heterocycles. The van der Waals surface area contributed by atoms with E-state index in [9.17, 15) is 0 Å². The van der Waals surface area contributed by atoms with Crippen LogP contribution in [0.15, 0.2) is 0 Å². The molecule has 15 heavy (non-hydrogen) atoms. The van der Waals surface area contributed by atoms with Crippen LogP contribution in [0.1, 0.15) is 67.2 Å². The summed E-state index contributed by atoms with van der Waals surface area (Å²) in [7, 11) is 0. The Labute approximate surface area is 96.8 Å². The van der Waals surface area contributed by atoms with E-state index in [0.717, 1.165) is 11.8 Å². The highest BCUT2D eigenvalue weighted by Gasteiger charge is 2.17. The molecule has 2 atom stereocenters. The van der Waals surface area contributed by atoms with Gasteiger partial charge in [0.15, 0.2) is 0 Å². The van der Waals surface area contributed by atoms with Crippen LogP contribution in [0, 0.1) is 17.3 Å². The zero-order chi connectivity index (χ0) is 12.1. The van der Waals surface area contributed by atoms with Gasteiger partial charge in [-0.2, -0.15) is 0 Å². The summed E-state index contributed by atoms with van der Waals surface area (Å²) >= 11 is 0. The maximum Gasteiger partial charge on any atom is 0.00414 e. The summed E-state index contributed by atoms with van der Waals surface area (Å²) in [6.45, 7) is 13.8. The van der Waals surface area contributed by atoms with Gasteiger partial charge in [0.1, 0.15) is 0 Å². The first-order valence-corrected chi connectivity index (χ1v) is 6.46. The number of hydrogen-bond donors (Lipinski definition) is 1. The van der Waals surface area contributed by atoms with Crippen LogP contribution < -0.4 is 5.73 Å². The Morgan fingerprint density at radius 2 is 1.53 bits per heavy atom. The van der Waals surface area contributed by atoms with Gasteiger partial charge in [-0.15, -0.1) is 0 Å². The van der Waals surface area contributed by atoms with Crippen LogP contribution in [0.5, 0.6) is 0 Å². The van der Waals surface area contributed by atoms with Gasteiger partial charge in [-0.1, -0.05) is 41.5 Å². The van der Waals surface area contributed by atoms with Crippen molar-refractivity contribution in [3.63, 3.8) is 0 Å². The SMILES string of the molecule is CC(C)CCC(N)CC(C)CC(C)(C)C. The molecule has 1 nitrogen and oxygen atoms in total. The van der Waals surface area contributed by atoms with Gasteiger partial charge in [0.25, 0.3) is 0 Å². The van der Waals surface area contributed by atoms with E-state index in [1.807, 2.05) is 0 Å². The fraction of sp³-hybridized carbons (Fsp3) is 1.00. The second-order valence-corrected chi connectivity index (χ2v) is 6.84. The van der Waals surface area contributed by atoms with Crippen LogP contribution in [-0.2, 0) is 0 Å². The molecular formula is C14H31N. The normalized spacial score (nSPS) is 16.8. The molecule has 0 bridgehead atoms. The Hall–Kier alpha value is -0.0400. The summed E-state index contributed by atoms with van der Waals surface area (Å²) in [5.74, 6) is 1.54. The van der Waals surface area contributed by atoms with Gasteiger partial charge in [-0.3, -0.25) is 0 Å². The first-order chi connectivity index (χ1) is 6.70. The minimum absolute atomic E-state index is 0.407. The van der Waals surface area contributed by atoms with Crippen molar-refractivity contribution in [1.82, 2.24) is 0 Å². The van der Waals surface area contributed by atoms with Crippen molar-refractivity contribution in [2.75, 3.05) is 0 Å². The van der Waals surface area contributed by atoms with Crippen molar-refractivity contribution in [2.45, 2.75) is 73.3 Å². The lowest BCUT2D eigenvalue weighted by Crippen LogP contribution is -2.25. The minimum Gasteiger partial charge on any atom is -0.328 e. The van der Waals surface area contributed by atoms with E-state index in [1.165, 1.54) is 25.7 Å². The maximum absolute atomic E-state index is 6.14. The van der Waals surface area contributed by atoms with Gasteiger partial charge >= 0.3 is 0 Å². The van der Waals surface area contributed by atoms with Crippen molar-refractivity contribution in [3.05, 3.63) is 0 Å². The topological polar surface area (TPSA) is 26.0 Å². The highest BCUT2D eigenvalue weighted by atomic mass is 14.6. The monoisotopic (exact) mass is 213 g/mol. The third-order valence-corrected chi connectivity index (χ3v) is 2.78. The molecule has 0 aromatic rings. The number of rotatable bonds is 6. The summed E-state index contributed by atoms with van der Waals surface area (Å²) in [5, 5.41) is 0. The molecule has 1 heteroatoms. The van der Waals surface area contributed by atoms with Gasteiger partial charge in [0, 0.05) is 6.04 Å². The molecule has 0 heterocycles. The predicted octanol–water partition coefficient (Wildman–Crippen LogP) is 4.21. The molecule has 0 aromatic heterocycles. The summed E-state index contributed by atoms with van der Waals surface area (Å²) in [6.07, 6.45) is 4.92. The Morgan fingerprint density at radius 3 is 1.93 bits per heavy atom. The molecule has 0 aliphatic carbocycles. The maximum atomic E-state index is 6.14. The molecule has 92 valence electrons. The molecule has 0 aromatic carbocycles. The summed E-state index contributed by atoms with van der Waals surface area (Å²) in [6, 6.07) is 0.407. The third-order valence-electron chi connectivity index (χ3n) is 2.78. The third kappa shape index (κ3) is 10.2. The van der Waals surface area contributed by atoms with Crippen molar-refractivity contribution < 1.29 is 0 Å².